The number of rotatable bonds is 5. The van der Waals surface area contributed by atoms with Gasteiger partial charge in [0.25, 0.3) is 0 Å². The number of likely N-dealkylation sites (tertiary alicyclic amines) is 1. The van der Waals surface area contributed by atoms with Crippen molar-refractivity contribution in [2.24, 2.45) is 29.4 Å². The van der Waals surface area contributed by atoms with E-state index in [1.54, 1.807) is 0 Å². The van der Waals surface area contributed by atoms with E-state index in [0.29, 0.717) is 13.1 Å². The highest BCUT2D eigenvalue weighted by Crippen LogP contribution is 2.52. The van der Waals surface area contributed by atoms with Gasteiger partial charge in [-0.15, -0.1) is 12.4 Å². The van der Waals surface area contributed by atoms with E-state index in [-0.39, 0.29) is 66.8 Å². The Morgan fingerprint density at radius 2 is 1.81 bits per heavy atom. The minimum absolute atomic E-state index is 0. The summed E-state index contributed by atoms with van der Waals surface area (Å²) in [6.07, 6.45) is 5.35. The first-order valence-corrected chi connectivity index (χ1v) is 7.14. The number of hydrogen-bond donors (Lipinski definition) is 2. The maximum absolute atomic E-state index is 12.3. The van der Waals surface area contributed by atoms with E-state index in [1.165, 1.54) is 4.90 Å². The van der Waals surface area contributed by atoms with E-state index in [1.807, 2.05) is 0 Å². The molecule has 1 heterocycles. The van der Waals surface area contributed by atoms with Crippen molar-refractivity contribution in [1.82, 2.24) is 10.2 Å². The molecule has 0 spiro atoms. The van der Waals surface area contributed by atoms with Gasteiger partial charge in [-0.05, 0) is 18.3 Å². The Morgan fingerprint density at radius 1 is 1.24 bits per heavy atom. The first kappa shape index (κ1) is 16.0. The van der Waals surface area contributed by atoms with E-state index in [9.17, 15) is 14.4 Å². The van der Waals surface area contributed by atoms with Gasteiger partial charge in [-0.2, -0.15) is 0 Å². The van der Waals surface area contributed by atoms with Crippen LogP contribution in [-0.4, -0.2) is 42.3 Å². The SMILES string of the molecule is Cl.NCCC(=O)NCCN1C(=O)C2C3C=CC(C3)C2C1=O. The Kier molecular flexibility index (Phi) is 4.68. The molecule has 1 saturated heterocycles. The van der Waals surface area contributed by atoms with Crippen LogP contribution in [0.2, 0.25) is 0 Å². The lowest BCUT2D eigenvalue weighted by molar-refractivity contribution is -0.141. The molecule has 3 N–H and O–H groups in total. The summed E-state index contributed by atoms with van der Waals surface area (Å²) in [4.78, 5) is 37.3. The third-order valence-electron chi connectivity index (χ3n) is 4.59. The second-order valence-corrected chi connectivity index (χ2v) is 5.72. The second kappa shape index (κ2) is 6.15. The van der Waals surface area contributed by atoms with Crippen LogP contribution < -0.4 is 11.1 Å². The standard InChI is InChI=1S/C14H19N3O3.ClH/c15-4-3-10(18)16-5-6-17-13(19)11-8-1-2-9(7-8)12(11)14(17)20;/h1-2,8-9,11-12H,3-7,15H2,(H,16,18);1H. The lowest BCUT2D eigenvalue weighted by atomic mass is 9.85. The number of allylic oxidation sites excluding steroid dienone is 2. The molecule has 1 aliphatic heterocycles. The largest absolute Gasteiger partial charge is 0.354 e. The van der Waals surface area contributed by atoms with Crippen molar-refractivity contribution in [3.8, 4) is 0 Å². The highest BCUT2D eigenvalue weighted by atomic mass is 35.5. The Balaban J connectivity index is 0.00000161. The van der Waals surface area contributed by atoms with Gasteiger partial charge in [0, 0.05) is 26.1 Å². The fourth-order valence-corrected chi connectivity index (χ4v) is 3.71. The molecule has 3 aliphatic rings. The molecular weight excluding hydrogens is 294 g/mol. The molecule has 4 atom stereocenters. The smallest absolute Gasteiger partial charge is 0.233 e. The summed E-state index contributed by atoms with van der Waals surface area (Å²) in [5.41, 5.74) is 5.28. The Labute approximate surface area is 129 Å². The number of nitrogens with one attached hydrogen (secondary N) is 1. The molecule has 0 aromatic rings. The monoisotopic (exact) mass is 313 g/mol. The number of hydrogen-bond acceptors (Lipinski definition) is 4. The van der Waals surface area contributed by atoms with Gasteiger partial charge < -0.3 is 11.1 Å². The van der Waals surface area contributed by atoms with Crippen LogP contribution in [0, 0.1) is 23.7 Å². The molecule has 3 rings (SSSR count). The highest BCUT2D eigenvalue weighted by Gasteiger charge is 2.58. The van der Waals surface area contributed by atoms with Gasteiger partial charge in [0.15, 0.2) is 0 Å². The van der Waals surface area contributed by atoms with Crippen molar-refractivity contribution in [1.29, 1.82) is 0 Å². The van der Waals surface area contributed by atoms with Crippen LogP contribution in [0.15, 0.2) is 12.2 Å². The van der Waals surface area contributed by atoms with Gasteiger partial charge in [0.2, 0.25) is 17.7 Å². The fourth-order valence-electron chi connectivity index (χ4n) is 3.71. The quantitative estimate of drug-likeness (QED) is 0.537. The fraction of sp³-hybridized carbons (Fsp3) is 0.643. The van der Waals surface area contributed by atoms with E-state index in [4.69, 9.17) is 5.73 Å². The average Bonchev–Trinajstić information content (AvgIpc) is 3.08. The van der Waals surface area contributed by atoms with Gasteiger partial charge in [-0.25, -0.2) is 0 Å². The summed E-state index contributed by atoms with van der Waals surface area (Å²) in [6.45, 7) is 0.867. The van der Waals surface area contributed by atoms with Crippen molar-refractivity contribution in [3.63, 3.8) is 0 Å². The van der Waals surface area contributed by atoms with E-state index in [0.717, 1.165) is 6.42 Å². The summed E-state index contributed by atoms with van der Waals surface area (Å²) >= 11 is 0. The Hall–Kier alpha value is -1.40. The molecule has 2 aliphatic carbocycles. The molecule has 7 heteroatoms. The predicted octanol–water partition coefficient (Wildman–Crippen LogP) is -0.320. The van der Waals surface area contributed by atoms with Crippen LogP contribution in [0.3, 0.4) is 0 Å². The van der Waals surface area contributed by atoms with Gasteiger partial charge in [0.1, 0.15) is 0 Å². The van der Waals surface area contributed by atoms with E-state index in [2.05, 4.69) is 17.5 Å². The highest BCUT2D eigenvalue weighted by molar-refractivity contribution is 6.06. The third kappa shape index (κ3) is 2.58. The first-order chi connectivity index (χ1) is 9.63. The van der Waals surface area contributed by atoms with Gasteiger partial charge in [-0.1, -0.05) is 12.2 Å². The molecule has 3 amide bonds. The lowest BCUT2D eigenvalue weighted by Gasteiger charge is -2.17. The zero-order valence-corrected chi connectivity index (χ0v) is 12.5. The molecule has 0 aromatic carbocycles. The van der Waals surface area contributed by atoms with Crippen LogP contribution in [0.4, 0.5) is 0 Å². The molecule has 1 saturated carbocycles. The van der Waals surface area contributed by atoms with Crippen LogP contribution in [0.5, 0.6) is 0 Å². The molecule has 0 aromatic heterocycles. The maximum Gasteiger partial charge on any atom is 0.233 e. The van der Waals surface area contributed by atoms with Crippen LogP contribution in [-0.2, 0) is 14.4 Å². The molecule has 116 valence electrons. The summed E-state index contributed by atoms with van der Waals surface area (Å²) in [5.74, 6) is -0.116. The van der Waals surface area contributed by atoms with Crippen molar-refractivity contribution in [2.45, 2.75) is 12.8 Å². The number of carbonyl (C=O) groups is 3. The lowest BCUT2D eigenvalue weighted by Crippen LogP contribution is -2.40. The van der Waals surface area contributed by atoms with Crippen LogP contribution >= 0.6 is 12.4 Å². The van der Waals surface area contributed by atoms with E-state index < -0.39 is 0 Å². The number of fused-ring (bicyclic) bond motifs is 5. The summed E-state index contributed by atoms with van der Waals surface area (Å²) in [5, 5.41) is 2.67. The molecule has 2 fully saturated rings. The minimum atomic E-state index is -0.155. The van der Waals surface area contributed by atoms with Crippen LogP contribution in [0.25, 0.3) is 0 Å². The Bertz CT molecular complexity index is 464. The zero-order valence-electron chi connectivity index (χ0n) is 11.7. The number of halogens is 1. The molecule has 6 nitrogen and oxygen atoms in total. The summed E-state index contributed by atoms with van der Waals surface area (Å²) in [6, 6.07) is 0. The van der Waals surface area contributed by atoms with Crippen molar-refractivity contribution in [3.05, 3.63) is 12.2 Å². The van der Waals surface area contributed by atoms with E-state index >= 15 is 0 Å². The summed E-state index contributed by atoms with van der Waals surface area (Å²) in [7, 11) is 0. The minimum Gasteiger partial charge on any atom is -0.354 e. The number of imide groups is 1. The molecule has 0 radical (unpaired) electrons. The van der Waals surface area contributed by atoms with Gasteiger partial charge in [-0.3, -0.25) is 19.3 Å². The number of amides is 3. The Morgan fingerprint density at radius 3 is 2.33 bits per heavy atom. The topological polar surface area (TPSA) is 92.5 Å². The molecule has 2 bridgehead atoms. The first-order valence-electron chi connectivity index (χ1n) is 7.14. The maximum atomic E-state index is 12.3. The summed E-state index contributed by atoms with van der Waals surface area (Å²) < 4.78 is 0. The number of carbonyl (C=O) groups excluding carboxylic acids is 3. The third-order valence-corrected chi connectivity index (χ3v) is 4.59. The van der Waals surface area contributed by atoms with Crippen molar-refractivity contribution >= 4 is 30.1 Å². The molecule has 4 unspecified atom stereocenters. The predicted molar refractivity (Wildman–Crippen MR) is 78.4 cm³/mol. The second-order valence-electron chi connectivity index (χ2n) is 5.72. The van der Waals surface area contributed by atoms with Crippen molar-refractivity contribution in [2.75, 3.05) is 19.6 Å². The molecule has 21 heavy (non-hydrogen) atoms. The number of nitrogens with two attached hydrogens (primary N) is 1. The average molecular weight is 314 g/mol. The van der Waals surface area contributed by atoms with Crippen LogP contribution in [0.1, 0.15) is 12.8 Å². The van der Waals surface area contributed by atoms with Gasteiger partial charge >= 0.3 is 0 Å². The number of nitrogens with zero attached hydrogens (tertiary/aromatic N) is 1. The zero-order chi connectivity index (χ0) is 14.3. The normalized spacial score (nSPS) is 32.3. The van der Waals surface area contributed by atoms with Crippen molar-refractivity contribution < 1.29 is 14.4 Å². The molecular formula is C14H20ClN3O3. The van der Waals surface area contributed by atoms with Gasteiger partial charge in [0.05, 0.1) is 11.8 Å².